The van der Waals surface area contributed by atoms with E-state index in [0.29, 0.717) is 24.5 Å². The average Bonchev–Trinajstić information content (AvgIpc) is 2.65. The summed E-state index contributed by atoms with van der Waals surface area (Å²) in [5, 5.41) is 0.997. The zero-order valence-electron chi connectivity index (χ0n) is 13.3. The standard InChI is InChI=1S/C18H16N4O2/c1-24-16-5-4-13(10-20-16)18(23)22-8-6-15-14(11-22)9-12-3-2-7-19-17(12)21-15/h2-5,7,9-10H,6,8,11H2,1H3. The molecule has 0 aliphatic carbocycles. The molecule has 0 saturated carbocycles. The number of hydrogen-bond donors (Lipinski definition) is 0. The van der Waals surface area contributed by atoms with Crippen LogP contribution in [0.5, 0.6) is 5.88 Å². The lowest BCUT2D eigenvalue weighted by Crippen LogP contribution is -2.36. The van der Waals surface area contributed by atoms with Crippen molar-refractivity contribution >= 4 is 16.9 Å². The molecule has 6 heteroatoms. The van der Waals surface area contributed by atoms with Crippen LogP contribution >= 0.6 is 0 Å². The summed E-state index contributed by atoms with van der Waals surface area (Å²) in [5.74, 6) is 0.473. The van der Waals surface area contributed by atoms with Crippen molar-refractivity contribution in [1.29, 1.82) is 0 Å². The summed E-state index contributed by atoms with van der Waals surface area (Å²) in [6.45, 7) is 1.20. The molecule has 0 radical (unpaired) electrons. The van der Waals surface area contributed by atoms with Crippen molar-refractivity contribution in [2.45, 2.75) is 13.0 Å². The molecule has 0 spiro atoms. The number of nitrogens with zero attached hydrogens (tertiary/aromatic N) is 4. The fraction of sp³-hybridized carbons (Fsp3) is 0.222. The van der Waals surface area contributed by atoms with Gasteiger partial charge in [0.1, 0.15) is 0 Å². The molecule has 4 heterocycles. The van der Waals surface area contributed by atoms with E-state index in [-0.39, 0.29) is 5.91 Å². The monoisotopic (exact) mass is 320 g/mol. The normalized spacial score (nSPS) is 13.6. The molecule has 1 aliphatic rings. The van der Waals surface area contributed by atoms with Gasteiger partial charge in [-0.3, -0.25) is 4.79 Å². The van der Waals surface area contributed by atoms with Crippen molar-refractivity contribution in [3.05, 3.63) is 59.5 Å². The summed E-state index contributed by atoms with van der Waals surface area (Å²) < 4.78 is 5.03. The summed E-state index contributed by atoms with van der Waals surface area (Å²) >= 11 is 0. The lowest BCUT2D eigenvalue weighted by atomic mass is 10.0. The quantitative estimate of drug-likeness (QED) is 0.724. The van der Waals surface area contributed by atoms with E-state index < -0.39 is 0 Å². The van der Waals surface area contributed by atoms with Crippen LogP contribution in [0.15, 0.2) is 42.7 Å². The van der Waals surface area contributed by atoms with Gasteiger partial charge in [-0.15, -0.1) is 0 Å². The Morgan fingerprint density at radius 1 is 1.25 bits per heavy atom. The molecule has 0 bridgehead atoms. The molecule has 0 saturated heterocycles. The Morgan fingerprint density at radius 3 is 2.96 bits per heavy atom. The average molecular weight is 320 g/mol. The van der Waals surface area contributed by atoms with Gasteiger partial charge < -0.3 is 9.64 Å². The van der Waals surface area contributed by atoms with Crippen LogP contribution in [0.25, 0.3) is 11.0 Å². The molecule has 0 atom stereocenters. The Hall–Kier alpha value is -3.02. The number of fused-ring (bicyclic) bond motifs is 2. The maximum absolute atomic E-state index is 12.7. The number of carbonyl (C=O) groups is 1. The molecule has 1 aliphatic heterocycles. The van der Waals surface area contributed by atoms with E-state index >= 15 is 0 Å². The first kappa shape index (κ1) is 14.6. The van der Waals surface area contributed by atoms with Crippen LogP contribution < -0.4 is 4.74 Å². The van der Waals surface area contributed by atoms with Crippen LogP contribution in [0, 0.1) is 0 Å². The Morgan fingerprint density at radius 2 is 2.17 bits per heavy atom. The first-order valence-electron chi connectivity index (χ1n) is 7.77. The summed E-state index contributed by atoms with van der Waals surface area (Å²) in [6, 6.07) is 9.41. The van der Waals surface area contributed by atoms with Gasteiger partial charge in [0.2, 0.25) is 5.88 Å². The molecular weight excluding hydrogens is 304 g/mol. The van der Waals surface area contributed by atoms with Crippen LogP contribution in [0.2, 0.25) is 0 Å². The highest BCUT2D eigenvalue weighted by atomic mass is 16.5. The number of pyridine rings is 3. The second-order valence-corrected chi connectivity index (χ2v) is 5.71. The van der Waals surface area contributed by atoms with Crippen molar-refractivity contribution in [2.75, 3.05) is 13.7 Å². The maximum Gasteiger partial charge on any atom is 0.255 e. The first-order chi connectivity index (χ1) is 11.7. The summed E-state index contributed by atoms with van der Waals surface area (Å²) in [5.41, 5.74) is 3.43. The highest BCUT2D eigenvalue weighted by molar-refractivity contribution is 5.94. The molecule has 4 rings (SSSR count). The van der Waals surface area contributed by atoms with Gasteiger partial charge in [0.15, 0.2) is 5.65 Å². The number of carbonyl (C=O) groups excluding carboxylic acids is 1. The highest BCUT2D eigenvalue weighted by Crippen LogP contribution is 2.22. The summed E-state index contributed by atoms with van der Waals surface area (Å²) in [4.78, 5) is 27.5. The lowest BCUT2D eigenvalue weighted by Gasteiger charge is -2.28. The molecule has 3 aromatic rings. The summed E-state index contributed by atoms with van der Waals surface area (Å²) in [7, 11) is 1.55. The van der Waals surface area contributed by atoms with Gasteiger partial charge in [-0.2, -0.15) is 0 Å². The van der Waals surface area contributed by atoms with Gasteiger partial charge in [-0.1, -0.05) is 0 Å². The molecule has 6 nitrogen and oxygen atoms in total. The largest absolute Gasteiger partial charge is 0.481 e. The van der Waals surface area contributed by atoms with Crippen LogP contribution in [-0.4, -0.2) is 39.4 Å². The van der Waals surface area contributed by atoms with E-state index in [1.165, 1.54) is 0 Å². The lowest BCUT2D eigenvalue weighted by molar-refractivity contribution is 0.0733. The van der Waals surface area contributed by atoms with Gasteiger partial charge in [-0.25, -0.2) is 15.0 Å². The van der Waals surface area contributed by atoms with E-state index in [0.717, 1.165) is 28.7 Å². The molecule has 3 aromatic heterocycles. The van der Waals surface area contributed by atoms with Gasteiger partial charge >= 0.3 is 0 Å². The smallest absolute Gasteiger partial charge is 0.255 e. The van der Waals surface area contributed by atoms with Gasteiger partial charge in [0, 0.05) is 49.1 Å². The first-order valence-corrected chi connectivity index (χ1v) is 7.77. The van der Waals surface area contributed by atoms with E-state index in [9.17, 15) is 4.79 Å². The summed E-state index contributed by atoms with van der Waals surface area (Å²) in [6.07, 6.45) is 4.04. The number of hydrogen-bond acceptors (Lipinski definition) is 5. The van der Waals surface area contributed by atoms with E-state index in [1.54, 1.807) is 31.6 Å². The Kier molecular flexibility index (Phi) is 3.57. The predicted molar refractivity (Wildman–Crippen MR) is 88.8 cm³/mol. The van der Waals surface area contributed by atoms with Crippen LogP contribution in [0.1, 0.15) is 21.6 Å². The Bertz CT molecular complexity index is 909. The molecule has 24 heavy (non-hydrogen) atoms. The molecular formula is C18H16N4O2. The zero-order chi connectivity index (χ0) is 16.5. The fourth-order valence-electron chi connectivity index (χ4n) is 2.95. The number of methoxy groups -OCH3 is 1. The second kappa shape index (κ2) is 5.88. The zero-order valence-corrected chi connectivity index (χ0v) is 13.3. The van der Waals surface area contributed by atoms with Crippen molar-refractivity contribution in [3.8, 4) is 5.88 Å². The molecule has 1 amide bonds. The number of ether oxygens (including phenoxy) is 1. The van der Waals surface area contributed by atoms with Crippen LogP contribution in [0.4, 0.5) is 0 Å². The van der Waals surface area contributed by atoms with E-state index in [4.69, 9.17) is 4.74 Å². The topological polar surface area (TPSA) is 68.2 Å². The second-order valence-electron chi connectivity index (χ2n) is 5.71. The minimum atomic E-state index is -0.0258. The van der Waals surface area contributed by atoms with Crippen LogP contribution in [0.3, 0.4) is 0 Å². The minimum absolute atomic E-state index is 0.0258. The number of aromatic nitrogens is 3. The van der Waals surface area contributed by atoms with E-state index in [1.807, 2.05) is 17.0 Å². The SMILES string of the molecule is COc1ccc(C(=O)N2CCc3nc4ncccc4cc3C2)cn1. The fourth-order valence-corrected chi connectivity index (χ4v) is 2.95. The van der Waals surface area contributed by atoms with Crippen molar-refractivity contribution < 1.29 is 9.53 Å². The molecule has 0 fully saturated rings. The van der Waals surface area contributed by atoms with Gasteiger partial charge in [-0.05, 0) is 29.8 Å². The molecule has 0 unspecified atom stereocenters. The third-order valence-electron chi connectivity index (χ3n) is 4.22. The van der Waals surface area contributed by atoms with Crippen molar-refractivity contribution in [1.82, 2.24) is 19.9 Å². The maximum atomic E-state index is 12.7. The van der Waals surface area contributed by atoms with Gasteiger partial charge in [0.25, 0.3) is 5.91 Å². The van der Waals surface area contributed by atoms with Crippen molar-refractivity contribution in [3.63, 3.8) is 0 Å². The van der Waals surface area contributed by atoms with E-state index in [2.05, 4.69) is 21.0 Å². The third kappa shape index (κ3) is 2.56. The van der Waals surface area contributed by atoms with Gasteiger partial charge in [0.05, 0.1) is 12.7 Å². The highest BCUT2D eigenvalue weighted by Gasteiger charge is 2.23. The number of rotatable bonds is 2. The third-order valence-corrected chi connectivity index (χ3v) is 4.22. The number of amides is 1. The molecule has 0 N–H and O–H groups in total. The molecule has 120 valence electrons. The minimum Gasteiger partial charge on any atom is -0.481 e. The Balaban J connectivity index is 1.60. The molecule has 0 aromatic carbocycles. The Labute approximate surface area is 139 Å². The van der Waals surface area contributed by atoms with Crippen molar-refractivity contribution in [2.24, 2.45) is 0 Å². The van der Waals surface area contributed by atoms with Crippen LogP contribution in [-0.2, 0) is 13.0 Å². The predicted octanol–water partition coefficient (Wildman–Crippen LogP) is 2.23.